The van der Waals surface area contributed by atoms with Crippen LogP contribution in [0.25, 0.3) is 0 Å². The van der Waals surface area contributed by atoms with Crippen LogP contribution in [-0.4, -0.2) is 76.1 Å². The Kier molecular flexibility index (Phi) is 20.3. The van der Waals surface area contributed by atoms with Crippen molar-refractivity contribution in [3.63, 3.8) is 0 Å². The molecule has 0 N–H and O–H groups in total. The van der Waals surface area contributed by atoms with Crippen molar-refractivity contribution < 1.29 is 52.3 Å². The molecule has 0 amide bonds. The van der Waals surface area contributed by atoms with E-state index in [1.807, 2.05) is 0 Å². The number of rotatable bonds is 20. The fourth-order valence-corrected chi connectivity index (χ4v) is 2.56. The van der Waals surface area contributed by atoms with Crippen molar-refractivity contribution in [1.82, 2.24) is 0 Å². The van der Waals surface area contributed by atoms with Crippen LogP contribution >= 0.6 is 0 Å². The monoisotopic (exact) mass is 506 g/mol. The normalized spacial score (nSPS) is 12.2. The highest BCUT2D eigenvalue weighted by molar-refractivity contribution is 5.77. The zero-order valence-electron chi connectivity index (χ0n) is 21.5. The smallest absolute Gasteiger partial charge is 0.463 e. The van der Waals surface area contributed by atoms with E-state index < -0.39 is 36.5 Å². The van der Waals surface area contributed by atoms with Crippen LogP contribution < -0.4 is 0 Å². The summed E-state index contributed by atoms with van der Waals surface area (Å²) in [4.78, 5) is 46.7. The van der Waals surface area contributed by atoms with Crippen LogP contribution in [0.2, 0.25) is 0 Å². The van der Waals surface area contributed by atoms with E-state index in [1.54, 1.807) is 0 Å². The standard InChI is InChI=1S/C24H42O11/c1-5-7-9-11-13-30-21(25)19(3)34-23(27)32-17-15-29-16-18-33-24(28)35-20(4)22(26)31-14-12-10-8-6-2/h19-20H,5-18H2,1-4H3/t19-,20-/m1/s1. The minimum atomic E-state index is -1.07. The number of hydrogen-bond donors (Lipinski definition) is 0. The Labute approximate surface area is 208 Å². The van der Waals surface area contributed by atoms with Gasteiger partial charge >= 0.3 is 24.2 Å². The predicted molar refractivity (Wildman–Crippen MR) is 125 cm³/mol. The molecule has 0 saturated carbocycles. The van der Waals surface area contributed by atoms with Crippen LogP contribution in [0, 0.1) is 0 Å². The Bertz CT molecular complexity index is 544. The first-order valence-corrected chi connectivity index (χ1v) is 12.4. The quantitative estimate of drug-likeness (QED) is 0.133. The van der Waals surface area contributed by atoms with Gasteiger partial charge in [0.25, 0.3) is 0 Å². The summed E-state index contributed by atoms with van der Waals surface area (Å²) in [7, 11) is 0. The van der Waals surface area contributed by atoms with Gasteiger partial charge in [0.05, 0.1) is 26.4 Å². The van der Waals surface area contributed by atoms with Crippen molar-refractivity contribution >= 4 is 24.2 Å². The van der Waals surface area contributed by atoms with E-state index in [2.05, 4.69) is 13.8 Å². The molecule has 0 saturated heterocycles. The van der Waals surface area contributed by atoms with E-state index in [9.17, 15) is 19.2 Å². The zero-order valence-corrected chi connectivity index (χ0v) is 21.5. The summed E-state index contributed by atoms with van der Waals surface area (Å²) in [5.41, 5.74) is 0. The van der Waals surface area contributed by atoms with E-state index in [0.717, 1.165) is 51.4 Å². The lowest BCUT2D eigenvalue weighted by Gasteiger charge is -2.13. The Morgan fingerprint density at radius 1 is 0.514 bits per heavy atom. The largest absolute Gasteiger partial charge is 0.509 e. The molecule has 0 bridgehead atoms. The highest BCUT2D eigenvalue weighted by atomic mass is 16.7. The molecule has 0 aromatic carbocycles. The minimum Gasteiger partial charge on any atom is -0.463 e. The first-order valence-electron chi connectivity index (χ1n) is 12.4. The summed E-state index contributed by atoms with van der Waals surface area (Å²) in [6, 6.07) is 0. The van der Waals surface area contributed by atoms with Gasteiger partial charge < -0.3 is 33.2 Å². The summed E-state index contributed by atoms with van der Waals surface area (Å²) in [5.74, 6) is -1.26. The molecule has 11 heteroatoms. The molecule has 0 aliphatic heterocycles. The van der Waals surface area contributed by atoms with Crippen LogP contribution in [0.5, 0.6) is 0 Å². The highest BCUT2D eigenvalue weighted by Crippen LogP contribution is 2.04. The predicted octanol–water partition coefficient (Wildman–Crippen LogP) is 4.33. The number of esters is 2. The number of unbranched alkanes of at least 4 members (excludes halogenated alkanes) is 6. The van der Waals surface area contributed by atoms with Crippen molar-refractivity contribution in [2.24, 2.45) is 0 Å². The van der Waals surface area contributed by atoms with E-state index in [1.165, 1.54) is 13.8 Å². The molecule has 0 aliphatic carbocycles. The zero-order chi connectivity index (χ0) is 26.3. The van der Waals surface area contributed by atoms with Gasteiger partial charge in [-0.05, 0) is 26.7 Å². The van der Waals surface area contributed by atoms with Gasteiger partial charge in [0.1, 0.15) is 13.2 Å². The molecule has 0 aliphatic rings. The van der Waals surface area contributed by atoms with Crippen molar-refractivity contribution in [3.8, 4) is 0 Å². The van der Waals surface area contributed by atoms with Crippen LogP contribution in [0.4, 0.5) is 9.59 Å². The second-order valence-electron chi connectivity index (χ2n) is 7.79. The number of carbonyl (C=O) groups excluding carboxylic acids is 4. The third kappa shape index (κ3) is 19.4. The van der Waals surface area contributed by atoms with Crippen molar-refractivity contribution in [3.05, 3.63) is 0 Å². The summed E-state index contributed by atoms with van der Waals surface area (Å²) < 4.78 is 34.5. The number of hydrogen-bond acceptors (Lipinski definition) is 11. The van der Waals surface area contributed by atoms with Crippen molar-refractivity contribution in [2.45, 2.75) is 91.3 Å². The topological polar surface area (TPSA) is 133 Å². The molecule has 0 aromatic rings. The third-order valence-electron chi connectivity index (χ3n) is 4.59. The Morgan fingerprint density at radius 2 is 0.914 bits per heavy atom. The van der Waals surface area contributed by atoms with Crippen molar-refractivity contribution in [1.29, 1.82) is 0 Å². The molecule has 204 valence electrons. The SMILES string of the molecule is CCCCCCOC(=O)[C@@H](C)OC(=O)OCCOCCOC(=O)O[C@H](C)C(=O)OCCCCCC. The Morgan fingerprint density at radius 3 is 1.29 bits per heavy atom. The van der Waals surface area contributed by atoms with Gasteiger partial charge in [0.15, 0.2) is 12.2 Å². The van der Waals surface area contributed by atoms with Crippen LogP contribution in [0.15, 0.2) is 0 Å². The molecule has 0 fully saturated rings. The molecule has 35 heavy (non-hydrogen) atoms. The molecule has 11 nitrogen and oxygen atoms in total. The van der Waals surface area contributed by atoms with E-state index in [4.69, 9.17) is 33.2 Å². The van der Waals surface area contributed by atoms with Crippen molar-refractivity contribution in [2.75, 3.05) is 39.6 Å². The molecular weight excluding hydrogens is 464 g/mol. The van der Waals surface area contributed by atoms with E-state index >= 15 is 0 Å². The summed E-state index contributed by atoms with van der Waals surface area (Å²) in [5, 5.41) is 0. The molecule has 0 spiro atoms. The molecular formula is C24H42O11. The highest BCUT2D eigenvalue weighted by Gasteiger charge is 2.21. The Balaban J connectivity index is 3.73. The average Bonchev–Trinajstić information content (AvgIpc) is 2.82. The first kappa shape index (κ1) is 32.4. The minimum absolute atomic E-state index is 0.0184. The van der Waals surface area contributed by atoms with Gasteiger partial charge in [0, 0.05) is 0 Å². The van der Waals surface area contributed by atoms with Gasteiger partial charge in [-0.3, -0.25) is 0 Å². The maximum Gasteiger partial charge on any atom is 0.509 e. The lowest BCUT2D eigenvalue weighted by Crippen LogP contribution is -2.28. The maximum absolute atomic E-state index is 11.7. The average molecular weight is 507 g/mol. The fourth-order valence-electron chi connectivity index (χ4n) is 2.56. The summed E-state index contributed by atoms with van der Waals surface area (Å²) >= 11 is 0. The van der Waals surface area contributed by atoms with E-state index in [0.29, 0.717) is 0 Å². The van der Waals surface area contributed by atoms with Gasteiger partial charge in [-0.25, -0.2) is 19.2 Å². The van der Waals surface area contributed by atoms with Crippen LogP contribution in [0.3, 0.4) is 0 Å². The molecule has 0 heterocycles. The summed E-state index contributed by atoms with van der Waals surface area (Å²) in [6.07, 6.45) is 3.60. The van der Waals surface area contributed by atoms with Gasteiger partial charge in [-0.1, -0.05) is 52.4 Å². The second-order valence-corrected chi connectivity index (χ2v) is 7.79. The molecule has 0 aromatic heterocycles. The number of carbonyl (C=O) groups is 4. The van der Waals surface area contributed by atoms with Crippen LogP contribution in [-0.2, 0) is 42.7 Å². The first-order chi connectivity index (χ1) is 16.8. The van der Waals surface area contributed by atoms with Gasteiger partial charge in [0.2, 0.25) is 0 Å². The fraction of sp³-hybridized carbons (Fsp3) is 0.833. The Hall–Kier alpha value is -2.56. The van der Waals surface area contributed by atoms with Gasteiger partial charge in [-0.15, -0.1) is 0 Å². The molecule has 0 unspecified atom stereocenters. The molecule has 2 atom stereocenters. The van der Waals surface area contributed by atoms with Gasteiger partial charge in [-0.2, -0.15) is 0 Å². The summed E-state index contributed by atoms with van der Waals surface area (Å²) in [6.45, 7) is 7.33. The lowest BCUT2D eigenvalue weighted by atomic mass is 10.2. The maximum atomic E-state index is 11.7. The van der Waals surface area contributed by atoms with Crippen LogP contribution in [0.1, 0.15) is 79.1 Å². The van der Waals surface area contributed by atoms with E-state index in [-0.39, 0.29) is 39.6 Å². The second kappa shape index (κ2) is 21.9. The lowest BCUT2D eigenvalue weighted by molar-refractivity contribution is -0.154. The number of ether oxygens (including phenoxy) is 7. The molecule has 0 radical (unpaired) electrons. The third-order valence-corrected chi connectivity index (χ3v) is 4.59. The molecule has 0 rings (SSSR count).